The minimum atomic E-state index is 0.0166. The predicted molar refractivity (Wildman–Crippen MR) is 67.8 cm³/mol. The van der Waals surface area contributed by atoms with Gasteiger partial charge < -0.3 is 19.5 Å². The molecule has 0 aromatic heterocycles. The second-order valence-electron chi connectivity index (χ2n) is 3.66. The smallest absolute Gasteiger partial charge is 0.134 e. The van der Waals surface area contributed by atoms with Crippen molar-refractivity contribution in [1.29, 1.82) is 0 Å². The first-order valence-electron chi connectivity index (χ1n) is 5.83. The zero-order chi connectivity index (χ0) is 12.5. The molecule has 0 spiro atoms. The summed E-state index contributed by atoms with van der Waals surface area (Å²) in [6.07, 6.45) is 0.0166. The summed E-state index contributed by atoms with van der Waals surface area (Å²) in [6.45, 7) is 3.95. The molecule has 1 unspecified atom stereocenters. The summed E-state index contributed by atoms with van der Waals surface area (Å²) in [4.78, 5) is 0. The quantitative estimate of drug-likeness (QED) is 0.749. The SMILES string of the molecule is CCOc1ccc(OC(CNC)COC)cc1. The van der Waals surface area contributed by atoms with Crippen LogP contribution in [0.15, 0.2) is 24.3 Å². The Morgan fingerprint density at radius 2 is 1.82 bits per heavy atom. The van der Waals surface area contributed by atoms with Gasteiger partial charge in [0.2, 0.25) is 0 Å². The van der Waals surface area contributed by atoms with Crippen molar-refractivity contribution in [2.45, 2.75) is 13.0 Å². The van der Waals surface area contributed by atoms with Gasteiger partial charge in [0, 0.05) is 13.7 Å². The first kappa shape index (κ1) is 13.8. The monoisotopic (exact) mass is 239 g/mol. The van der Waals surface area contributed by atoms with Crippen LogP contribution in [0.3, 0.4) is 0 Å². The molecule has 4 heteroatoms. The van der Waals surface area contributed by atoms with E-state index in [4.69, 9.17) is 14.2 Å². The lowest BCUT2D eigenvalue weighted by molar-refractivity contribution is 0.0818. The van der Waals surface area contributed by atoms with Crippen LogP contribution in [0.4, 0.5) is 0 Å². The van der Waals surface area contributed by atoms with Gasteiger partial charge in [-0.25, -0.2) is 0 Å². The number of ether oxygens (including phenoxy) is 3. The largest absolute Gasteiger partial charge is 0.494 e. The van der Waals surface area contributed by atoms with E-state index in [0.717, 1.165) is 18.0 Å². The highest BCUT2D eigenvalue weighted by atomic mass is 16.5. The molecule has 0 aliphatic rings. The average Bonchev–Trinajstić information content (AvgIpc) is 2.33. The molecule has 0 aliphatic heterocycles. The lowest BCUT2D eigenvalue weighted by Gasteiger charge is -2.18. The maximum absolute atomic E-state index is 5.79. The Morgan fingerprint density at radius 3 is 2.35 bits per heavy atom. The van der Waals surface area contributed by atoms with Crippen LogP contribution < -0.4 is 14.8 Å². The molecular weight excluding hydrogens is 218 g/mol. The van der Waals surface area contributed by atoms with Crippen LogP contribution in [0.1, 0.15) is 6.92 Å². The van der Waals surface area contributed by atoms with Crippen molar-refractivity contribution in [1.82, 2.24) is 5.32 Å². The molecule has 96 valence electrons. The van der Waals surface area contributed by atoms with Gasteiger partial charge in [-0.1, -0.05) is 0 Å². The third-order valence-corrected chi connectivity index (χ3v) is 2.22. The van der Waals surface area contributed by atoms with Crippen LogP contribution in [-0.4, -0.2) is 40.0 Å². The summed E-state index contributed by atoms with van der Waals surface area (Å²) >= 11 is 0. The van der Waals surface area contributed by atoms with E-state index in [1.807, 2.05) is 38.2 Å². The van der Waals surface area contributed by atoms with E-state index in [1.54, 1.807) is 7.11 Å². The van der Waals surface area contributed by atoms with Crippen molar-refractivity contribution in [3.8, 4) is 11.5 Å². The Balaban J connectivity index is 2.53. The second-order valence-corrected chi connectivity index (χ2v) is 3.66. The van der Waals surface area contributed by atoms with E-state index in [2.05, 4.69) is 5.32 Å². The zero-order valence-electron chi connectivity index (χ0n) is 10.7. The van der Waals surface area contributed by atoms with Gasteiger partial charge in [-0.3, -0.25) is 0 Å². The third kappa shape index (κ3) is 5.06. The highest BCUT2D eigenvalue weighted by molar-refractivity contribution is 5.31. The number of benzene rings is 1. The first-order chi connectivity index (χ1) is 8.30. The number of hydrogen-bond donors (Lipinski definition) is 1. The van der Waals surface area contributed by atoms with Crippen LogP contribution in [0.25, 0.3) is 0 Å². The lowest BCUT2D eigenvalue weighted by atomic mass is 10.3. The Hall–Kier alpha value is -1.26. The van der Waals surface area contributed by atoms with Gasteiger partial charge in [0.15, 0.2) is 0 Å². The van der Waals surface area contributed by atoms with Crippen molar-refractivity contribution in [2.24, 2.45) is 0 Å². The maximum Gasteiger partial charge on any atom is 0.134 e. The highest BCUT2D eigenvalue weighted by Gasteiger charge is 2.09. The van der Waals surface area contributed by atoms with Crippen LogP contribution in [0, 0.1) is 0 Å². The Kier molecular flexibility index (Phi) is 6.43. The van der Waals surface area contributed by atoms with Crippen LogP contribution in [0.2, 0.25) is 0 Å². The van der Waals surface area contributed by atoms with Gasteiger partial charge in [-0.05, 0) is 38.2 Å². The van der Waals surface area contributed by atoms with E-state index in [-0.39, 0.29) is 6.10 Å². The minimum Gasteiger partial charge on any atom is -0.494 e. The second kappa shape index (κ2) is 7.92. The standard InChI is InChI=1S/C13H21NO3/c1-4-16-11-5-7-12(8-6-11)17-13(9-14-2)10-15-3/h5-8,13-14H,4,9-10H2,1-3H3. The van der Waals surface area contributed by atoms with Crippen LogP contribution >= 0.6 is 0 Å². The van der Waals surface area contributed by atoms with Gasteiger partial charge in [0.1, 0.15) is 17.6 Å². The molecule has 0 radical (unpaired) electrons. The summed E-state index contributed by atoms with van der Waals surface area (Å²) in [5.74, 6) is 1.68. The summed E-state index contributed by atoms with van der Waals surface area (Å²) in [6, 6.07) is 7.62. The molecule has 1 atom stereocenters. The number of methoxy groups -OCH3 is 1. The Morgan fingerprint density at radius 1 is 1.18 bits per heavy atom. The van der Waals surface area contributed by atoms with Crippen molar-refractivity contribution in [2.75, 3.05) is 33.9 Å². The van der Waals surface area contributed by atoms with E-state index in [9.17, 15) is 0 Å². The van der Waals surface area contributed by atoms with E-state index >= 15 is 0 Å². The Bertz CT molecular complexity index is 294. The summed E-state index contributed by atoms with van der Waals surface area (Å²) in [7, 11) is 3.56. The molecule has 1 aromatic carbocycles. The van der Waals surface area contributed by atoms with Gasteiger partial charge in [0.25, 0.3) is 0 Å². The van der Waals surface area contributed by atoms with Gasteiger partial charge in [-0.15, -0.1) is 0 Å². The molecule has 1 aromatic rings. The number of hydrogen-bond acceptors (Lipinski definition) is 4. The molecule has 17 heavy (non-hydrogen) atoms. The molecule has 0 heterocycles. The molecule has 0 fully saturated rings. The summed E-state index contributed by atoms with van der Waals surface area (Å²) in [5.41, 5.74) is 0. The van der Waals surface area contributed by atoms with Crippen LogP contribution in [0.5, 0.6) is 11.5 Å². The summed E-state index contributed by atoms with van der Waals surface area (Å²) < 4.78 is 16.3. The van der Waals surface area contributed by atoms with Gasteiger partial charge >= 0.3 is 0 Å². The first-order valence-corrected chi connectivity index (χ1v) is 5.83. The molecular formula is C13H21NO3. The van der Waals surface area contributed by atoms with E-state index in [1.165, 1.54) is 0 Å². The predicted octanol–water partition coefficient (Wildman–Crippen LogP) is 1.70. The highest BCUT2D eigenvalue weighted by Crippen LogP contribution is 2.18. The fourth-order valence-corrected chi connectivity index (χ4v) is 1.52. The fourth-order valence-electron chi connectivity index (χ4n) is 1.52. The molecule has 1 N–H and O–H groups in total. The molecule has 0 bridgehead atoms. The molecule has 1 rings (SSSR count). The average molecular weight is 239 g/mol. The molecule has 4 nitrogen and oxygen atoms in total. The van der Waals surface area contributed by atoms with Crippen molar-refractivity contribution in [3.63, 3.8) is 0 Å². The number of rotatable bonds is 8. The molecule has 0 saturated heterocycles. The van der Waals surface area contributed by atoms with Gasteiger partial charge in [0.05, 0.1) is 13.2 Å². The van der Waals surface area contributed by atoms with Gasteiger partial charge in [-0.2, -0.15) is 0 Å². The third-order valence-electron chi connectivity index (χ3n) is 2.22. The van der Waals surface area contributed by atoms with Crippen molar-refractivity contribution < 1.29 is 14.2 Å². The zero-order valence-corrected chi connectivity index (χ0v) is 10.7. The molecule has 0 saturated carbocycles. The van der Waals surface area contributed by atoms with Crippen molar-refractivity contribution in [3.05, 3.63) is 24.3 Å². The number of nitrogens with one attached hydrogen (secondary N) is 1. The fraction of sp³-hybridized carbons (Fsp3) is 0.538. The lowest BCUT2D eigenvalue weighted by Crippen LogP contribution is -2.33. The molecule has 0 amide bonds. The minimum absolute atomic E-state index is 0.0166. The maximum atomic E-state index is 5.79. The normalized spacial score (nSPS) is 12.2. The van der Waals surface area contributed by atoms with E-state index < -0.39 is 0 Å². The Labute approximate surface area is 103 Å². The topological polar surface area (TPSA) is 39.7 Å². The van der Waals surface area contributed by atoms with Crippen LogP contribution in [-0.2, 0) is 4.74 Å². The summed E-state index contributed by atoms with van der Waals surface area (Å²) in [5, 5.41) is 3.07. The van der Waals surface area contributed by atoms with Crippen molar-refractivity contribution >= 4 is 0 Å². The number of likely N-dealkylation sites (N-methyl/N-ethyl adjacent to an activating group) is 1. The molecule has 0 aliphatic carbocycles. The van der Waals surface area contributed by atoms with E-state index in [0.29, 0.717) is 13.2 Å².